The lowest BCUT2D eigenvalue weighted by atomic mass is 10.1. The number of aliphatic hydroxyl groups is 1. The molecule has 0 spiro atoms. The molecule has 2 N–H and O–H groups in total. The highest BCUT2D eigenvalue weighted by atomic mass is 32.1. The lowest BCUT2D eigenvalue weighted by Gasteiger charge is -2.13. The van der Waals surface area contributed by atoms with Crippen LogP contribution in [-0.2, 0) is 0 Å². The normalized spacial score (nSPS) is 12.2. The van der Waals surface area contributed by atoms with Crippen LogP contribution in [0.25, 0.3) is 0 Å². The highest BCUT2D eigenvalue weighted by Gasteiger charge is 2.16. The summed E-state index contributed by atoms with van der Waals surface area (Å²) < 4.78 is 26.2. The number of benzene rings is 1. The predicted molar refractivity (Wildman–Crippen MR) is 72.7 cm³/mol. The number of aryl methyl sites for hydroxylation is 1. The molecule has 1 aromatic carbocycles. The molecule has 0 aliphatic heterocycles. The zero-order chi connectivity index (χ0) is 14.7. The van der Waals surface area contributed by atoms with Gasteiger partial charge >= 0.3 is 0 Å². The maximum atomic E-state index is 13.5. The largest absolute Gasteiger partial charge is 0.386 e. The van der Waals surface area contributed by atoms with Gasteiger partial charge in [0.1, 0.15) is 11.6 Å². The first kappa shape index (κ1) is 14.6. The zero-order valence-corrected chi connectivity index (χ0v) is 11.5. The van der Waals surface area contributed by atoms with Crippen LogP contribution in [0.1, 0.15) is 26.9 Å². The monoisotopic (exact) mass is 297 g/mol. The number of hydrogen-bond donors (Lipinski definition) is 2. The first-order valence-corrected chi connectivity index (χ1v) is 6.82. The van der Waals surface area contributed by atoms with Gasteiger partial charge in [-0.1, -0.05) is 6.07 Å². The fourth-order valence-electron chi connectivity index (χ4n) is 1.76. The summed E-state index contributed by atoms with van der Waals surface area (Å²) in [6, 6.07) is 4.74. The molecule has 0 fully saturated rings. The average molecular weight is 297 g/mol. The highest BCUT2D eigenvalue weighted by molar-refractivity contribution is 7.12. The molecule has 0 bridgehead atoms. The minimum atomic E-state index is -1.22. The minimum absolute atomic E-state index is 0.0467. The minimum Gasteiger partial charge on any atom is -0.386 e. The van der Waals surface area contributed by atoms with Crippen molar-refractivity contribution < 1.29 is 18.7 Å². The maximum absolute atomic E-state index is 13.5. The van der Waals surface area contributed by atoms with Crippen molar-refractivity contribution in [1.82, 2.24) is 5.32 Å². The number of halogens is 2. The predicted octanol–water partition coefficient (Wildman–Crippen LogP) is 2.80. The van der Waals surface area contributed by atoms with E-state index >= 15 is 0 Å². The summed E-state index contributed by atoms with van der Waals surface area (Å²) in [5, 5.41) is 14.2. The quantitative estimate of drug-likeness (QED) is 0.911. The summed E-state index contributed by atoms with van der Waals surface area (Å²) in [5.41, 5.74) is 0.796. The van der Waals surface area contributed by atoms with Crippen molar-refractivity contribution in [3.63, 3.8) is 0 Å². The summed E-state index contributed by atoms with van der Waals surface area (Å²) in [6.45, 7) is 1.67. The van der Waals surface area contributed by atoms with Crippen LogP contribution in [0.4, 0.5) is 8.78 Å². The van der Waals surface area contributed by atoms with E-state index in [0.29, 0.717) is 10.9 Å². The molecular weight excluding hydrogens is 284 g/mol. The van der Waals surface area contributed by atoms with Crippen LogP contribution < -0.4 is 5.32 Å². The highest BCUT2D eigenvalue weighted by Crippen LogP contribution is 2.18. The molecule has 106 valence electrons. The van der Waals surface area contributed by atoms with E-state index in [0.717, 1.165) is 17.7 Å². The Bertz CT molecular complexity index is 627. The molecule has 0 unspecified atom stereocenters. The molecule has 1 aromatic heterocycles. The Labute approximate surface area is 118 Å². The molecule has 1 atom stereocenters. The van der Waals surface area contributed by atoms with Gasteiger partial charge in [-0.15, -0.1) is 11.3 Å². The van der Waals surface area contributed by atoms with Gasteiger partial charge < -0.3 is 10.4 Å². The number of aliphatic hydroxyl groups excluding tert-OH is 1. The summed E-state index contributed by atoms with van der Waals surface area (Å²) in [6.07, 6.45) is -1.22. The first-order valence-electron chi connectivity index (χ1n) is 5.94. The van der Waals surface area contributed by atoms with Crippen molar-refractivity contribution in [2.75, 3.05) is 6.54 Å². The van der Waals surface area contributed by atoms with Crippen LogP contribution in [0.5, 0.6) is 0 Å². The Morgan fingerprint density at radius 2 is 2.15 bits per heavy atom. The van der Waals surface area contributed by atoms with Crippen LogP contribution in [0.2, 0.25) is 0 Å². The Balaban J connectivity index is 2.00. The Hall–Kier alpha value is -1.79. The van der Waals surface area contributed by atoms with Gasteiger partial charge in [0.25, 0.3) is 5.91 Å². The molecule has 0 aliphatic carbocycles. The Morgan fingerprint density at radius 3 is 2.75 bits per heavy atom. The van der Waals surface area contributed by atoms with Gasteiger partial charge in [0.15, 0.2) is 0 Å². The average Bonchev–Trinajstić information content (AvgIpc) is 2.82. The van der Waals surface area contributed by atoms with E-state index in [1.165, 1.54) is 11.3 Å². The fraction of sp³-hybridized carbons (Fsp3) is 0.214. The van der Waals surface area contributed by atoms with E-state index < -0.39 is 17.7 Å². The third kappa shape index (κ3) is 3.20. The van der Waals surface area contributed by atoms with Crippen LogP contribution in [-0.4, -0.2) is 17.6 Å². The van der Waals surface area contributed by atoms with Crippen molar-refractivity contribution in [2.24, 2.45) is 0 Å². The summed E-state index contributed by atoms with van der Waals surface area (Å²) in [5.74, 6) is -1.87. The smallest absolute Gasteiger partial charge is 0.261 e. The SMILES string of the molecule is Cc1ccsc1C(=O)NC[C@H](O)c1ccc(F)cc1F. The number of carbonyl (C=O) groups excluding carboxylic acids is 1. The van der Waals surface area contributed by atoms with Crippen LogP contribution >= 0.6 is 11.3 Å². The molecule has 1 amide bonds. The van der Waals surface area contributed by atoms with E-state index in [-0.39, 0.29) is 18.0 Å². The van der Waals surface area contributed by atoms with Gasteiger partial charge in [-0.25, -0.2) is 8.78 Å². The van der Waals surface area contributed by atoms with Gasteiger partial charge in [-0.3, -0.25) is 4.79 Å². The molecule has 6 heteroatoms. The van der Waals surface area contributed by atoms with Gasteiger partial charge in [0.2, 0.25) is 0 Å². The summed E-state index contributed by atoms with van der Waals surface area (Å²) in [7, 11) is 0. The van der Waals surface area contributed by atoms with E-state index in [1.807, 2.05) is 13.0 Å². The Kier molecular flexibility index (Phi) is 4.46. The molecule has 2 aromatic rings. The zero-order valence-electron chi connectivity index (χ0n) is 10.7. The third-order valence-corrected chi connectivity index (χ3v) is 3.86. The first-order chi connectivity index (χ1) is 9.49. The second kappa shape index (κ2) is 6.11. The van der Waals surface area contributed by atoms with Crippen LogP contribution in [0, 0.1) is 18.6 Å². The standard InChI is InChI=1S/C14H13F2NO2S/c1-8-4-5-20-13(8)14(19)17-7-12(18)10-3-2-9(15)6-11(10)16/h2-6,12,18H,7H2,1H3,(H,17,19)/t12-/m0/s1. The van der Waals surface area contributed by atoms with Crippen molar-refractivity contribution in [1.29, 1.82) is 0 Å². The van der Waals surface area contributed by atoms with Crippen molar-refractivity contribution in [3.05, 3.63) is 57.3 Å². The van der Waals surface area contributed by atoms with E-state index in [9.17, 15) is 18.7 Å². The van der Waals surface area contributed by atoms with Gasteiger partial charge in [-0.05, 0) is 30.0 Å². The lowest BCUT2D eigenvalue weighted by Crippen LogP contribution is -2.28. The molecule has 0 saturated heterocycles. The lowest BCUT2D eigenvalue weighted by molar-refractivity contribution is 0.0917. The molecule has 0 radical (unpaired) electrons. The summed E-state index contributed by atoms with van der Waals surface area (Å²) in [4.78, 5) is 12.4. The number of rotatable bonds is 4. The third-order valence-electron chi connectivity index (χ3n) is 2.85. The molecule has 0 saturated carbocycles. The van der Waals surface area contributed by atoms with Gasteiger partial charge in [0, 0.05) is 18.2 Å². The van der Waals surface area contributed by atoms with E-state index in [2.05, 4.69) is 5.32 Å². The molecular formula is C14H13F2NO2S. The number of hydrogen-bond acceptors (Lipinski definition) is 3. The van der Waals surface area contributed by atoms with Crippen molar-refractivity contribution >= 4 is 17.2 Å². The van der Waals surface area contributed by atoms with Crippen molar-refractivity contribution in [3.8, 4) is 0 Å². The Morgan fingerprint density at radius 1 is 1.40 bits per heavy atom. The second-order valence-corrected chi connectivity index (χ2v) is 5.24. The molecule has 3 nitrogen and oxygen atoms in total. The summed E-state index contributed by atoms with van der Waals surface area (Å²) >= 11 is 1.29. The van der Waals surface area contributed by atoms with Crippen LogP contribution in [0.3, 0.4) is 0 Å². The molecule has 1 heterocycles. The maximum Gasteiger partial charge on any atom is 0.261 e. The fourth-order valence-corrected chi connectivity index (χ4v) is 2.60. The number of amides is 1. The number of nitrogens with one attached hydrogen (secondary N) is 1. The molecule has 2 rings (SSSR count). The van der Waals surface area contributed by atoms with Crippen molar-refractivity contribution in [2.45, 2.75) is 13.0 Å². The number of carbonyl (C=O) groups is 1. The molecule has 0 aliphatic rings. The van der Waals surface area contributed by atoms with E-state index in [4.69, 9.17) is 0 Å². The number of thiophene rings is 1. The molecule has 20 heavy (non-hydrogen) atoms. The second-order valence-electron chi connectivity index (χ2n) is 4.32. The van der Waals surface area contributed by atoms with Gasteiger partial charge in [0.05, 0.1) is 11.0 Å². The van der Waals surface area contributed by atoms with Crippen LogP contribution in [0.15, 0.2) is 29.6 Å². The van der Waals surface area contributed by atoms with E-state index in [1.54, 1.807) is 5.38 Å². The topological polar surface area (TPSA) is 49.3 Å². The van der Waals surface area contributed by atoms with Gasteiger partial charge in [-0.2, -0.15) is 0 Å².